The Morgan fingerprint density at radius 2 is 2.27 bits per heavy atom. The summed E-state index contributed by atoms with van der Waals surface area (Å²) in [5, 5.41) is 2.56. The summed E-state index contributed by atoms with van der Waals surface area (Å²) in [6, 6.07) is 5.86. The van der Waals surface area contributed by atoms with Crippen LogP contribution < -0.4 is 0 Å². The van der Waals surface area contributed by atoms with Crippen LogP contribution >= 0.6 is 22.9 Å². The minimum Gasteiger partial charge on any atom is -0.232 e. The smallest absolute Gasteiger partial charge is 0.133 e. The number of thiophene rings is 1. The molecule has 2 rings (SSSR count). The minimum absolute atomic E-state index is 0.525. The van der Waals surface area contributed by atoms with E-state index < -0.39 is 0 Å². The molecule has 0 saturated heterocycles. The van der Waals surface area contributed by atoms with Gasteiger partial charge in [0.05, 0.1) is 10.6 Å². The normalized spacial score (nSPS) is 10.5. The molecule has 15 heavy (non-hydrogen) atoms. The van der Waals surface area contributed by atoms with Crippen LogP contribution in [-0.4, -0.2) is 9.97 Å². The molecule has 0 saturated carbocycles. The summed E-state index contributed by atoms with van der Waals surface area (Å²) in [5.41, 5.74) is 0.924. The van der Waals surface area contributed by atoms with E-state index in [9.17, 15) is 0 Å². The van der Waals surface area contributed by atoms with Gasteiger partial charge < -0.3 is 0 Å². The molecule has 0 fully saturated rings. The molecule has 0 radical (unpaired) electrons. The fourth-order valence-electron chi connectivity index (χ4n) is 1.35. The molecule has 78 valence electrons. The molecule has 0 amide bonds. The fourth-order valence-corrected chi connectivity index (χ4v) is 2.24. The lowest BCUT2D eigenvalue weighted by Gasteiger charge is -2.02. The van der Waals surface area contributed by atoms with E-state index in [-0.39, 0.29) is 0 Å². The predicted molar refractivity (Wildman–Crippen MR) is 64.4 cm³/mol. The Morgan fingerprint density at radius 3 is 2.93 bits per heavy atom. The first-order chi connectivity index (χ1) is 7.29. The molecule has 2 heterocycles. The van der Waals surface area contributed by atoms with Crippen LogP contribution in [0.3, 0.4) is 0 Å². The highest BCUT2D eigenvalue weighted by molar-refractivity contribution is 7.13. The zero-order valence-electron chi connectivity index (χ0n) is 8.40. The van der Waals surface area contributed by atoms with Gasteiger partial charge in [0.25, 0.3) is 0 Å². The Kier molecular flexibility index (Phi) is 3.34. The van der Waals surface area contributed by atoms with Crippen LogP contribution in [0.5, 0.6) is 0 Å². The molecule has 0 atom stereocenters. The number of hydrogen-bond donors (Lipinski definition) is 0. The van der Waals surface area contributed by atoms with Gasteiger partial charge in [0, 0.05) is 12.5 Å². The number of aryl methyl sites for hydroxylation is 1. The van der Waals surface area contributed by atoms with E-state index in [2.05, 4.69) is 16.9 Å². The minimum atomic E-state index is 0.525. The van der Waals surface area contributed by atoms with Crippen molar-refractivity contribution in [1.82, 2.24) is 9.97 Å². The zero-order valence-corrected chi connectivity index (χ0v) is 9.98. The third-order valence-electron chi connectivity index (χ3n) is 1.99. The van der Waals surface area contributed by atoms with E-state index >= 15 is 0 Å². The van der Waals surface area contributed by atoms with E-state index in [1.165, 1.54) is 0 Å². The van der Waals surface area contributed by atoms with Crippen LogP contribution in [0.2, 0.25) is 5.15 Å². The van der Waals surface area contributed by atoms with E-state index in [0.717, 1.165) is 29.2 Å². The fraction of sp³-hybridized carbons (Fsp3) is 0.273. The lowest BCUT2D eigenvalue weighted by Crippen LogP contribution is -1.96. The SMILES string of the molecule is CCCc1nc(Cl)cc(-c2cccs2)n1. The van der Waals surface area contributed by atoms with Gasteiger partial charge in [0.15, 0.2) is 0 Å². The van der Waals surface area contributed by atoms with Crippen molar-refractivity contribution in [1.29, 1.82) is 0 Å². The van der Waals surface area contributed by atoms with Crippen molar-refractivity contribution in [2.75, 3.05) is 0 Å². The summed E-state index contributed by atoms with van der Waals surface area (Å²) >= 11 is 7.62. The molecule has 2 nitrogen and oxygen atoms in total. The number of nitrogens with zero attached hydrogens (tertiary/aromatic N) is 2. The molecule has 0 aliphatic heterocycles. The highest BCUT2D eigenvalue weighted by atomic mass is 35.5. The van der Waals surface area contributed by atoms with Crippen molar-refractivity contribution in [3.05, 3.63) is 34.6 Å². The maximum atomic E-state index is 5.96. The molecule has 0 aliphatic carbocycles. The van der Waals surface area contributed by atoms with Crippen LogP contribution in [0, 0.1) is 0 Å². The largest absolute Gasteiger partial charge is 0.232 e. The summed E-state index contributed by atoms with van der Waals surface area (Å²) < 4.78 is 0. The zero-order chi connectivity index (χ0) is 10.7. The third kappa shape index (κ3) is 2.55. The van der Waals surface area contributed by atoms with Crippen molar-refractivity contribution in [2.24, 2.45) is 0 Å². The second kappa shape index (κ2) is 4.73. The highest BCUT2D eigenvalue weighted by Crippen LogP contribution is 2.24. The average molecular weight is 239 g/mol. The van der Waals surface area contributed by atoms with Gasteiger partial charge in [-0.3, -0.25) is 0 Å². The lowest BCUT2D eigenvalue weighted by atomic mass is 10.3. The second-order valence-electron chi connectivity index (χ2n) is 3.22. The first-order valence-corrected chi connectivity index (χ1v) is 6.12. The van der Waals surface area contributed by atoms with Crippen LogP contribution in [0.15, 0.2) is 23.6 Å². The topological polar surface area (TPSA) is 25.8 Å². The standard InChI is InChI=1S/C11H11ClN2S/c1-2-4-11-13-8(7-10(12)14-11)9-5-3-6-15-9/h3,5-7H,2,4H2,1H3. The summed E-state index contributed by atoms with van der Waals surface area (Å²) in [7, 11) is 0. The van der Waals surface area contributed by atoms with E-state index in [1.807, 2.05) is 23.6 Å². The molecule has 4 heteroatoms. The van der Waals surface area contributed by atoms with Crippen molar-refractivity contribution in [3.63, 3.8) is 0 Å². The Hall–Kier alpha value is -0.930. The van der Waals surface area contributed by atoms with Gasteiger partial charge in [-0.2, -0.15) is 0 Å². The molecule has 0 N–H and O–H groups in total. The summed E-state index contributed by atoms with van der Waals surface area (Å²) in [6.07, 6.45) is 1.91. The molecule has 0 aromatic carbocycles. The Bertz CT molecular complexity index is 440. The first-order valence-electron chi connectivity index (χ1n) is 4.87. The number of rotatable bonds is 3. The van der Waals surface area contributed by atoms with Gasteiger partial charge in [0.1, 0.15) is 11.0 Å². The van der Waals surface area contributed by atoms with Crippen LogP contribution in [0.25, 0.3) is 10.6 Å². The van der Waals surface area contributed by atoms with E-state index in [0.29, 0.717) is 5.15 Å². The van der Waals surface area contributed by atoms with Gasteiger partial charge in [-0.25, -0.2) is 9.97 Å². The van der Waals surface area contributed by atoms with Crippen molar-refractivity contribution < 1.29 is 0 Å². The van der Waals surface area contributed by atoms with E-state index in [4.69, 9.17) is 11.6 Å². The van der Waals surface area contributed by atoms with Gasteiger partial charge in [0.2, 0.25) is 0 Å². The second-order valence-corrected chi connectivity index (χ2v) is 4.55. The van der Waals surface area contributed by atoms with Crippen LogP contribution in [0.1, 0.15) is 19.2 Å². The van der Waals surface area contributed by atoms with Crippen molar-refractivity contribution in [2.45, 2.75) is 19.8 Å². The highest BCUT2D eigenvalue weighted by Gasteiger charge is 2.05. The average Bonchev–Trinajstić information content (AvgIpc) is 2.70. The quantitative estimate of drug-likeness (QED) is 0.760. The summed E-state index contributed by atoms with van der Waals surface area (Å²) in [4.78, 5) is 9.81. The lowest BCUT2D eigenvalue weighted by molar-refractivity contribution is 0.837. The monoisotopic (exact) mass is 238 g/mol. The number of halogens is 1. The molecular formula is C11H11ClN2S. The molecule has 0 aliphatic rings. The number of hydrogen-bond acceptors (Lipinski definition) is 3. The van der Waals surface area contributed by atoms with Gasteiger partial charge in [-0.05, 0) is 17.9 Å². The third-order valence-corrected chi connectivity index (χ3v) is 3.07. The Morgan fingerprint density at radius 1 is 1.40 bits per heavy atom. The van der Waals surface area contributed by atoms with Gasteiger partial charge in [-0.15, -0.1) is 11.3 Å². The van der Waals surface area contributed by atoms with Gasteiger partial charge in [-0.1, -0.05) is 24.6 Å². The molecule has 0 spiro atoms. The van der Waals surface area contributed by atoms with Crippen LogP contribution in [0.4, 0.5) is 0 Å². The van der Waals surface area contributed by atoms with Gasteiger partial charge >= 0.3 is 0 Å². The van der Waals surface area contributed by atoms with Crippen molar-refractivity contribution >= 4 is 22.9 Å². The molecular weight excluding hydrogens is 228 g/mol. The molecule has 2 aromatic heterocycles. The summed E-state index contributed by atoms with van der Waals surface area (Å²) in [6.45, 7) is 2.11. The Balaban J connectivity index is 2.40. The molecule has 2 aromatic rings. The van der Waals surface area contributed by atoms with E-state index in [1.54, 1.807) is 11.3 Å². The predicted octanol–water partition coefficient (Wildman–Crippen LogP) is 3.81. The van der Waals surface area contributed by atoms with Crippen LogP contribution in [-0.2, 0) is 6.42 Å². The first kappa shape index (κ1) is 10.6. The number of aromatic nitrogens is 2. The molecule has 0 unspecified atom stereocenters. The summed E-state index contributed by atoms with van der Waals surface area (Å²) in [5.74, 6) is 0.827. The molecule has 0 bridgehead atoms. The maximum Gasteiger partial charge on any atom is 0.133 e. The Labute approximate surface area is 98.0 Å². The maximum absolute atomic E-state index is 5.96. The van der Waals surface area contributed by atoms with Crippen molar-refractivity contribution in [3.8, 4) is 10.6 Å².